The molecule has 1 heterocycles. The van der Waals surface area contributed by atoms with Gasteiger partial charge in [-0.1, -0.05) is 23.8 Å². The van der Waals surface area contributed by atoms with Crippen molar-refractivity contribution in [3.8, 4) is 17.2 Å². The summed E-state index contributed by atoms with van der Waals surface area (Å²) in [5, 5.41) is 2.96. The number of aromatic nitrogens is 1. The van der Waals surface area contributed by atoms with Gasteiger partial charge in [-0.2, -0.15) is 4.98 Å². The van der Waals surface area contributed by atoms with E-state index < -0.39 is 9.84 Å². The van der Waals surface area contributed by atoms with Crippen LogP contribution in [0.25, 0.3) is 11.5 Å². The quantitative estimate of drug-likeness (QED) is 0.398. The number of sulfone groups is 1. The lowest BCUT2D eigenvalue weighted by molar-refractivity contribution is 0.415. The van der Waals surface area contributed by atoms with Gasteiger partial charge in [0.1, 0.15) is 5.75 Å². The molecule has 0 spiro atoms. The molecule has 6 nitrogen and oxygen atoms in total. The van der Waals surface area contributed by atoms with Gasteiger partial charge in [0.25, 0.3) is 0 Å². The molecule has 0 unspecified atom stereocenters. The molecule has 4 rings (SSSR count). The topological polar surface area (TPSA) is 81.4 Å². The summed E-state index contributed by atoms with van der Waals surface area (Å²) in [7, 11) is -2.34. The summed E-state index contributed by atoms with van der Waals surface area (Å²) >= 11 is 0. The molecule has 32 heavy (non-hydrogen) atoms. The maximum Gasteiger partial charge on any atom is 0.238 e. The van der Waals surface area contributed by atoms with E-state index in [1.165, 1.54) is 0 Å². The SMILES string of the molecule is COc1ccc(-c2nc(S(=O)(=O)c3ccc(C)cc3)c(Nc3cc(C)cc(C)c3)o2)cc1. The molecule has 0 fully saturated rings. The highest BCUT2D eigenvalue weighted by Crippen LogP contribution is 2.35. The van der Waals surface area contributed by atoms with Crippen LogP contribution in [0.5, 0.6) is 5.75 Å². The van der Waals surface area contributed by atoms with Crippen LogP contribution >= 0.6 is 0 Å². The Balaban J connectivity index is 1.84. The van der Waals surface area contributed by atoms with E-state index in [-0.39, 0.29) is 21.7 Å². The summed E-state index contributed by atoms with van der Waals surface area (Å²) in [4.78, 5) is 4.54. The van der Waals surface area contributed by atoms with Gasteiger partial charge in [0.2, 0.25) is 26.6 Å². The molecule has 0 aliphatic rings. The van der Waals surface area contributed by atoms with Crippen LogP contribution in [0.3, 0.4) is 0 Å². The first kappa shape index (κ1) is 21.6. The van der Waals surface area contributed by atoms with Crippen LogP contribution in [0.4, 0.5) is 11.6 Å². The number of rotatable bonds is 6. The summed E-state index contributed by atoms with van der Waals surface area (Å²) in [6.07, 6.45) is 0. The Morgan fingerprint density at radius 1 is 0.844 bits per heavy atom. The molecular weight excluding hydrogens is 424 g/mol. The highest BCUT2D eigenvalue weighted by atomic mass is 32.2. The first-order valence-corrected chi connectivity index (χ1v) is 11.6. The fraction of sp³-hybridized carbons (Fsp3) is 0.160. The van der Waals surface area contributed by atoms with Crippen molar-refractivity contribution in [2.75, 3.05) is 12.4 Å². The first-order valence-electron chi connectivity index (χ1n) is 10.1. The molecule has 0 atom stereocenters. The monoisotopic (exact) mass is 448 g/mol. The van der Waals surface area contributed by atoms with E-state index in [9.17, 15) is 8.42 Å². The minimum absolute atomic E-state index is 0.0707. The third kappa shape index (κ3) is 4.38. The minimum Gasteiger partial charge on any atom is -0.497 e. The molecule has 1 N–H and O–H groups in total. The Morgan fingerprint density at radius 2 is 1.47 bits per heavy atom. The molecule has 164 valence electrons. The molecule has 0 aliphatic carbocycles. The van der Waals surface area contributed by atoms with Crippen LogP contribution in [0.15, 0.2) is 81.1 Å². The van der Waals surface area contributed by atoms with E-state index in [0.717, 1.165) is 22.4 Å². The number of nitrogens with zero attached hydrogens (tertiary/aromatic N) is 1. The number of ether oxygens (including phenoxy) is 1. The molecule has 0 saturated heterocycles. The molecule has 4 aromatic rings. The molecule has 0 bridgehead atoms. The van der Waals surface area contributed by atoms with Gasteiger partial charge in [-0.05, 0) is 80.4 Å². The normalized spacial score (nSPS) is 11.4. The van der Waals surface area contributed by atoms with Gasteiger partial charge in [0.05, 0.1) is 12.0 Å². The molecule has 0 amide bonds. The van der Waals surface area contributed by atoms with Crippen molar-refractivity contribution >= 4 is 21.4 Å². The largest absolute Gasteiger partial charge is 0.497 e. The maximum absolute atomic E-state index is 13.5. The molecule has 0 radical (unpaired) electrons. The van der Waals surface area contributed by atoms with Crippen LogP contribution in [0, 0.1) is 20.8 Å². The van der Waals surface area contributed by atoms with Crippen LogP contribution in [-0.2, 0) is 9.84 Å². The maximum atomic E-state index is 13.5. The van der Waals surface area contributed by atoms with Gasteiger partial charge in [-0.15, -0.1) is 0 Å². The lowest BCUT2D eigenvalue weighted by atomic mass is 10.1. The van der Waals surface area contributed by atoms with Crippen molar-refractivity contribution in [3.05, 3.63) is 83.4 Å². The van der Waals surface area contributed by atoms with Crippen molar-refractivity contribution in [3.63, 3.8) is 0 Å². The smallest absolute Gasteiger partial charge is 0.238 e. The van der Waals surface area contributed by atoms with Gasteiger partial charge >= 0.3 is 0 Å². The summed E-state index contributed by atoms with van der Waals surface area (Å²) in [6, 6.07) is 19.6. The standard InChI is InChI=1S/C25H24N2O4S/c1-16-5-11-22(12-6-16)32(28,29)25-24(26-20-14-17(2)13-18(3)15-20)31-23(27-25)19-7-9-21(30-4)10-8-19/h5-15,26H,1-4H3. The van der Waals surface area contributed by atoms with Gasteiger partial charge in [-0.25, -0.2) is 8.42 Å². The second kappa shape index (κ2) is 8.51. The Bertz CT molecular complexity index is 1340. The third-order valence-electron chi connectivity index (χ3n) is 5.00. The van der Waals surface area contributed by atoms with Crippen molar-refractivity contribution < 1.29 is 17.6 Å². The van der Waals surface area contributed by atoms with Crippen molar-refractivity contribution in [1.29, 1.82) is 0 Å². The van der Waals surface area contributed by atoms with Crippen molar-refractivity contribution in [2.24, 2.45) is 0 Å². The fourth-order valence-corrected chi connectivity index (χ4v) is 4.69. The summed E-state index contributed by atoms with van der Waals surface area (Å²) < 4.78 is 38.1. The number of anilines is 2. The minimum atomic E-state index is -3.92. The number of oxazole rings is 1. The predicted molar refractivity (Wildman–Crippen MR) is 124 cm³/mol. The van der Waals surface area contributed by atoms with Gasteiger partial charge < -0.3 is 14.5 Å². The Hall–Kier alpha value is -3.58. The van der Waals surface area contributed by atoms with E-state index in [2.05, 4.69) is 10.3 Å². The predicted octanol–water partition coefficient (Wildman–Crippen LogP) is 5.85. The molecule has 0 saturated carbocycles. The zero-order valence-corrected chi connectivity index (χ0v) is 19.2. The van der Waals surface area contributed by atoms with E-state index in [0.29, 0.717) is 11.3 Å². The highest BCUT2D eigenvalue weighted by Gasteiger charge is 2.29. The number of hydrogen-bond acceptors (Lipinski definition) is 6. The third-order valence-corrected chi connectivity index (χ3v) is 6.68. The molecular formula is C25H24N2O4S. The zero-order chi connectivity index (χ0) is 22.9. The number of aryl methyl sites for hydroxylation is 3. The Morgan fingerprint density at radius 3 is 2.06 bits per heavy atom. The summed E-state index contributed by atoms with van der Waals surface area (Å²) in [6.45, 7) is 5.86. The molecule has 7 heteroatoms. The number of methoxy groups -OCH3 is 1. The van der Waals surface area contributed by atoms with Crippen LogP contribution in [0.2, 0.25) is 0 Å². The van der Waals surface area contributed by atoms with E-state index in [1.807, 2.05) is 39.0 Å². The number of hydrogen-bond donors (Lipinski definition) is 1. The summed E-state index contributed by atoms with van der Waals surface area (Å²) in [5.74, 6) is 0.952. The van der Waals surface area contributed by atoms with Crippen LogP contribution in [0.1, 0.15) is 16.7 Å². The summed E-state index contributed by atoms with van der Waals surface area (Å²) in [5.41, 5.74) is 4.42. The molecule has 3 aromatic carbocycles. The van der Waals surface area contributed by atoms with Gasteiger partial charge in [0, 0.05) is 11.3 Å². The second-order valence-electron chi connectivity index (χ2n) is 7.70. The first-order chi connectivity index (χ1) is 15.3. The Labute approximate surface area is 187 Å². The van der Waals surface area contributed by atoms with E-state index in [1.54, 1.807) is 55.6 Å². The van der Waals surface area contributed by atoms with Crippen molar-refractivity contribution in [2.45, 2.75) is 30.7 Å². The van der Waals surface area contributed by atoms with Crippen LogP contribution < -0.4 is 10.1 Å². The fourth-order valence-electron chi connectivity index (χ4n) is 3.43. The van der Waals surface area contributed by atoms with Crippen molar-refractivity contribution in [1.82, 2.24) is 4.98 Å². The zero-order valence-electron chi connectivity index (χ0n) is 18.3. The van der Waals surface area contributed by atoms with Gasteiger partial charge in [0.15, 0.2) is 0 Å². The molecule has 0 aliphatic heterocycles. The van der Waals surface area contributed by atoms with Gasteiger partial charge in [-0.3, -0.25) is 0 Å². The Kier molecular flexibility index (Phi) is 5.76. The van der Waals surface area contributed by atoms with Crippen LogP contribution in [-0.4, -0.2) is 20.5 Å². The average molecular weight is 449 g/mol. The highest BCUT2D eigenvalue weighted by molar-refractivity contribution is 7.91. The molecule has 1 aromatic heterocycles. The lowest BCUT2D eigenvalue weighted by Gasteiger charge is -2.08. The van der Waals surface area contributed by atoms with E-state index in [4.69, 9.17) is 9.15 Å². The second-order valence-corrected chi connectivity index (χ2v) is 9.56. The van der Waals surface area contributed by atoms with E-state index >= 15 is 0 Å². The number of nitrogens with one attached hydrogen (secondary N) is 1. The lowest BCUT2D eigenvalue weighted by Crippen LogP contribution is -2.05. The number of benzene rings is 3. The average Bonchev–Trinajstić information content (AvgIpc) is 3.18.